The first kappa shape index (κ1) is 18.5. The van der Waals surface area contributed by atoms with Crippen molar-refractivity contribution in [3.8, 4) is 5.75 Å². The van der Waals surface area contributed by atoms with Gasteiger partial charge in [-0.25, -0.2) is 13.2 Å². The largest absolute Gasteiger partial charge is 0.505 e. The molecule has 0 aliphatic carbocycles. The van der Waals surface area contributed by atoms with Crippen LogP contribution in [0.5, 0.6) is 5.75 Å². The van der Waals surface area contributed by atoms with E-state index in [1.807, 2.05) is 0 Å². The van der Waals surface area contributed by atoms with Crippen molar-refractivity contribution in [2.24, 2.45) is 5.73 Å². The van der Waals surface area contributed by atoms with E-state index in [0.717, 1.165) is 34.9 Å². The van der Waals surface area contributed by atoms with Gasteiger partial charge in [0.05, 0.1) is 11.4 Å². The summed E-state index contributed by atoms with van der Waals surface area (Å²) in [5.74, 6) is -6.21. The molecule has 1 atom stereocenters. The van der Waals surface area contributed by atoms with Crippen LogP contribution in [-0.2, 0) is 4.79 Å². The van der Waals surface area contributed by atoms with Crippen LogP contribution in [0.4, 0.5) is 13.2 Å². The summed E-state index contributed by atoms with van der Waals surface area (Å²) in [6.45, 7) is 3.03. The summed E-state index contributed by atoms with van der Waals surface area (Å²) in [5.41, 5.74) is 5.88. The molecule has 1 amide bonds. The number of aromatic hydroxyl groups is 1. The van der Waals surface area contributed by atoms with Crippen molar-refractivity contribution < 1.29 is 27.9 Å². The third-order valence-electron chi connectivity index (χ3n) is 4.55. The van der Waals surface area contributed by atoms with Crippen LogP contribution in [0.25, 0.3) is 10.9 Å². The van der Waals surface area contributed by atoms with E-state index in [1.54, 1.807) is 0 Å². The molecule has 140 valence electrons. The van der Waals surface area contributed by atoms with Gasteiger partial charge in [-0.3, -0.25) is 14.2 Å². The standard InChI is InChI=1S/C19H15F3N2O3/c1-8(18(23)26)17-9(2)24(15-7-14(22)16(25)6-11(15)17)19(27)10-3-4-12(20)13(21)5-10/h3-8,25H,1-2H3,(H2,23,26). The molecule has 0 fully saturated rings. The van der Waals surface area contributed by atoms with Gasteiger partial charge in [0.25, 0.3) is 5.91 Å². The van der Waals surface area contributed by atoms with Gasteiger partial charge in [-0.15, -0.1) is 0 Å². The van der Waals surface area contributed by atoms with Crippen molar-refractivity contribution in [1.82, 2.24) is 4.57 Å². The smallest absolute Gasteiger partial charge is 0.262 e. The quantitative estimate of drug-likeness (QED) is 0.735. The first-order valence-electron chi connectivity index (χ1n) is 7.96. The van der Waals surface area contributed by atoms with Gasteiger partial charge in [0.15, 0.2) is 23.2 Å². The number of carbonyl (C=O) groups excluding carboxylic acids is 2. The second kappa shape index (κ2) is 6.46. The summed E-state index contributed by atoms with van der Waals surface area (Å²) in [5, 5.41) is 9.97. The van der Waals surface area contributed by atoms with E-state index in [4.69, 9.17) is 5.73 Å². The first-order chi connectivity index (χ1) is 12.6. The second-order valence-electron chi connectivity index (χ2n) is 6.21. The number of phenolic OH excluding ortho intramolecular Hbond substituents is 1. The van der Waals surface area contributed by atoms with E-state index in [-0.39, 0.29) is 22.2 Å². The molecule has 3 N–H and O–H groups in total. The topological polar surface area (TPSA) is 85.3 Å². The fourth-order valence-electron chi connectivity index (χ4n) is 3.16. The number of phenols is 1. The summed E-state index contributed by atoms with van der Waals surface area (Å²) in [6, 6.07) is 4.67. The molecule has 0 aliphatic heterocycles. The molecule has 5 nitrogen and oxygen atoms in total. The minimum absolute atomic E-state index is 0.0700. The Bertz CT molecular complexity index is 1110. The van der Waals surface area contributed by atoms with Crippen LogP contribution in [0.3, 0.4) is 0 Å². The lowest BCUT2D eigenvalue weighted by Crippen LogP contribution is -2.20. The van der Waals surface area contributed by atoms with Gasteiger partial charge in [0.2, 0.25) is 5.91 Å². The fraction of sp³-hybridized carbons (Fsp3) is 0.158. The zero-order valence-electron chi connectivity index (χ0n) is 14.4. The van der Waals surface area contributed by atoms with Crippen molar-refractivity contribution in [2.75, 3.05) is 0 Å². The maximum atomic E-state index is 13.9. The van der Waals surface area contributed by atoms with Gasteiger partial charge in [-0.05, 0) is 43.7 Å². The van der Waals surface area contributed by atoms with Crippen LogP contribution in [0.2, 0.25) is 0 Å². The SMILES string of the molecule is Cc1c(C(C)C(N)=O)c2cc(O)c(F)cc2n1C(=O)c1ccc(F)c(F)c1. The maximum Gasteiger partial charge on any atom is 0.262 e. The summed E-state index contributed by atoms with van der Waals surface area (Å²) in [4.78, 5) is 24.6. The van der Waals surface area contributed by atoms with Gasteiger partial charge in [-0.1, -0.05) is 0 Å². The number of rotatable bonds is 3. The van der Waals surface area contributed by atoms with E-state index in [0.29, 0.717) is 5.56 Å². The van der Waals surface area contributed by atoms with Gasteiger partial charge in [0.1, 0.15) is 0 Å². The zero-order chi connectivity index (χ0) is 20.0. The molecule has 1 unspecified atom stereocenters. The molecule has 0 radical (unpaired) electrons. The van der Waals surface area contributed by atoms with E-state index in [9.17, 15) is 27.9 Å². The third kappa shape index (κ3) is 2.92. The lowest BCUT2D eigenvalue weighted by Gasteiger charge is -2.10. The van der Waals surface area contributed by atoms with E-state index in [1.165, 1.54) is 13.8 Å². The maximum absolute atomic E-state index is 13.9. The number of hydrogen-bond acceptors (Lipinski definition) is 3. The highest BCUT2D eigenvalue weighted by Gasteiger charge is 2.27. The molecule has 1 heterocycles. The molecule has 0 aliphatic rings. The Hall–Kier alpha value is -3.29. The molecular formula is C19H15F3N2O3. The summed E-state index contributed by atoms with van der Waals surface area (Å²) in [6.07, 6.45) is 0. The molecule has 3 rings (SSSR count). The Kier molecular flexibility index (Phi) is 4.43. The van der Waals surface area contributed by atoms with Crippen molar-refractivity contribution in [3.63, 3.8) is 0 Å². The van der Waals surface area contributed by atoms with Crippen molar-refractivity contribution in [3.05, 3.63) is 64.6 Å². The van der Waals surface area contributed by atoms with Crippen LogP contribution >= 0.6 is 0 Å². The number of nitrogens with zero attached hydrogens (tertiary/aromatic N) is 1. The number of aromatic nitrogens is 1. The Labute approximate surface area is 151 Å². The molecule has 3 aromatic rings. The number of amides is 1. The minimum atomic E-state index is -1.20. The Balaban J connectivity index is 2.33. The van der Waals surface area contributed by atoms with Crippen molar-refractivity contribution in [2.45, 2.75) is 19.8 Å². The van der Waals surface area contributed by atoms with Crippen molar-refractivity contribution in [1.29, 1.82) is 0 Å². The van der Waals surface area contributed by atoms with Crippen molar-refractivity contribution >= 4 is 22.7 Å². The highest BCUT2D eigenvalue weighted by Crippen LogP contribution is 2.35. The number of primary amides is 1. The molecule has 0 saturated carbocycles. The Morgan fingerprint density at radius 1 is 1.07 bits per heavy atom. The van der Waals surface area contributed by atoms with Crippen LogP contribution in [-0.4, -0.2) is 21.5 Å². The van der Waals surface area contributed by atoms with E-state index < -0.39 is 40.9 Å². The van der Waals surface area contributed by atoms with Gasteiger partial charge >= 0.3 is 0 Å². The highest BCUT2D eigenvalue weighted by atomic mass is 19.2. The van der Waals surface area contributed by atoms with Gasteiger partial charge in [-0.2, -0.15) is 0 Å². The molecule has 0 bridgehead atoms. The number of fused-ring (bicyclic) bond motifs is 1. The summed E-state index contributed by atoms with van der Waals surface area (Å²) in [7, 11) is 0. The van der Waals surface area contributed by atoms with Crippen LogP contribution in [0.15, 0.2) is 30.3 Å². The predicted octanol–water partition coefficient (Wildman–Crippen LogP) is 3.35. The van der Waals surface area contributed by atoms with E-state index >= 15 is 0 Å². The summed E-state index contributed by atoms with van der Waals surface area (Å²) < 4.78 is 41.7. The van der Waals surface area contributed by atoms with Crippen LogP contribution in [0, 0.1) is 24.4 Å². The number of benzene rings is 2. The molecular weight excluding hydrogens is 361 g/mol. The van der Waals surface area contributed by atoms with Gasteiger partial charge in [0, 0.05) is 22.7 Å². The number of carbonyl (C=O) groups is 2. The average molecular weight is 376 g/mol. The predicted molar refractivity (Wildman–Crippen MR) is 92.0 cm³/mol. The molecule has 8 heteroatoms. The fourth-order valence-corrected chi connectivity index (χ4v) is 3.16. The van der Waals surface area contributed by atoms with Crippen LogP contribution in [0.1, 0.15) is 34.5 Å². The summed E-state index contributed by atoms with van der Waals surface area (Å²) >= 11 is 0. The number of hydrogen-bond donors (Lipinski definition) is 2. The molecule has 0 saturated heterocycles. The third-order valence-corrected chi connectivity index (χ3v) is 4.55. The number of halogens is 3. The monoisotopic (exact) mass is 376 g/mol. The van der Waals surface area contributed by atoms with E-state index in [2.05, 4.69) is 0 Å². The molecule has 27 heavy (non-hydrogen) atoms. The first-order valence-corrected chi connectivity index (χ1v) is 7.96. The second-order valence-corrected chi connectivity index (χ2v) is 6.21. The highest BCUT2D eigenvalue weighted by molar-refractivity contribution is 6.05. The Morgan fingerprint density at radius 2 is 1.74 bits per heavy atom. The minimum Gasteiger partial charge on any atom is -0.505 e. The lowest BCUT2D eigenvalue weighted by molar-refractivity contribution is -0.119. The Morgan fingerprint density at radius 3 is 2.33 bits per heavy atom. The zero-order valence-corrected chi connectivity index (χ0v) is 14.4. The molecule has 1 aromatic heterocycles. The van der Waals surface area contributed by atoms with Crippen LogP contribution < -0.4 is 5.73 Å². The normalized spacial score (nSPS) is 12.3. The lowest BCUT2D eigenvalue weighted by atomic mass is 9.97. The average Bonchev–Trinajstić information content (AvgIpc) is 2.87. The molecule has 2 aromatic carbocycles. The molecule has 0 spiro atoms. The number of nitrogens with two attached hydrogens (primary N) is 1. The van der Waals surface area contributed by atoms with Gasteiger partial charge < -0.3 is 10.8 Å².